The van der Waals surface area contributed by atoms with Gasteiger partial charge in [0, 0.05) is 5.69 Å². The van der Waals surface area contributed by atoms with E-state index in [-0.39, 0.29) is 11.7 Å². The van der Waals surface area contributed by atoms with Gasteiger partial charge in [0.2, 0.25) is 0 Å². The maximum absolute atomic E-state index is 11.0. The van der Waals surface area contributed by atoms with Gasteiger partial charge in [-0.2, -0.15) is 4.98 Å². The van der Waals surface area contributed by atoms with E-state index >= 15 is 0 Å². The minimum absolute atomic E-state index is 0.0116. The molecule has 4 heteroatoms. The molecule has 0 saturated carbocycles. The van der Waals surface area contributed by atoms with E-state index < -0.39 is 5.69 Å². The average Bonchev–Trinajstić information content (AvgIpc) is 2.01. The van der Waals surface area contributed by atoms with Crippen molar-refractivity contribution in [1.82, 2.24) is 9.97 Å². The van der Waals surface area contributed by atoms with Crippen molar-refractivity contribution in [2.24, 2.45) is 0 Å². The molecule has 13 heavy (non-hydrogen) atoms. The first-order chi connectivity index (χ1) is 6.00. The first kappa shape index (κ1) is 9.64. The molecule has 1 heterocycles. The predicted octanol–water partition coefficient (Wildman–Crippen LogP) is 0.771. The zero-order chi connectivity index (χ0) is 10.0. The molecule has 70 valence electrons. The second-order valence-corrected chi connectivity index (χ2v) is 3.13. The standard InChI is InChI=1S/C9H12N2O2/c1-5-4-8(6(2)7(3)12)11-9(13)10-5/h4,6H,1-3H3,(H,10,11,13). The average molecular weight is 180 g/mol. The molecule has 1 N–H and O–H groups in total. The number of rotatable bonds is 2. The maximum Gasteiger partial charge on any atom is 0.345 e. The van der Waals surface area contributed by atoms with Gasteiger partial charge in [0.15, 0.2) is 0 Å². The Morgan fingerprint density at radius 1 is 1.62 bits per heavy atom. The summed E-state index contributed by atoms with van der Waals surface area (Å²) in [5, 5.41) is 0. The third kappa shape index (κ3) is 2.24. The van der Waals surface area contributed by atoms with Crippen LogP contribution in [0, 0.1) is 6.92 Å². The van der Waals surface area contributed by atoms with Crippen LogP contribution >= 0.6 is 0 Å². The molecule has 0 aliphatic heterocycles. The summed E-state index contributed by atoms with van der Waals surface area (Å²) < 4.78 is 0. The van der Waals surface area contributed by atoms with Gasteiger partial charge in [0.1, 0.15) is 5.78 Å². The fourth-order valence-corrected chi connectivity index (χ4v) is 1.03. The van der Waals surface area contributed by atoms with Crippen LogP contribution in [0.15, 0.2) is 10.9 Å². The van der Waals surface area contributed by atoms with Crippen molar-refractivity contribution >= 4 is 5.78 Å². The second-order valence-electron chi connectivity index (χ2n) is 3.13. The second kappa shape index (κ2) is 3.51. The number of hydrogen-bond donors (Lipinski definition) is 1. The fourth-order valence-electron chi connectivity index (χ4n) is 1.03. The van der Waals surface area contributed by atoms with Gasteiger partial charge in [0.25, 0.3) is 0 Å². The van der Waals surface area contributed by atoms with E-state index in [1.54, 1.807) is 19.9 Å². The van der Waals surface area contributed by atoms with E-state index in [1.165, 1.54) is 6.92 Å². The Morgan fingerprint density at radius 3 is 2.69 bits per heavy atom. The topological polar surface area (TPSA) is 62.8 Å². The van der Waals surface area contributed by atoms with Gasteiger partial charge in [-0.1, -0.05) is 0 Å². The quantitative estimate of drug-likeness (QED) is 0.731. The molecule has 0 aromatic carbocycles. The fraction of sp³-hybridized carbons (Fsp3) is 0.444. The molecular formula is C9H12N2O2. The minimum Gasteiger partial charge on any atom is -0.310 e. The van der Waals surface area contributed by atoms with Crippen molar-refractivity contribution in [2.45, 2.75) is 26.7 Å². The Hall–Kier alpha value is -1.45. The van der Waals surface area contributed by atoms with E-state index in [0.717, 1.165) is 5.69 Å². The zero-order valence-electron chi connectivity index (χ0n) is 7.92. The van der Waals surface area contributed by atoms with Crippen LogP contribution in [0.25, 0.3) is 0 Å². The van der Waals surface area contributed by atoms with Crippen molar-refractivity contribution in [3.8, 4) is 0 Å². The Balaban J connectivity index is 3.15. The van der Waals surface area contributed by atoms with Gasteiger partial charge < -0.3 is 4.98 Å². The molecule has 0 bridgehead atoms. The number of aromatic amines is 1. The van der Waals surface area contributed by atoms with E-state index in [2.05, 4.69) is 9.97 Å². The van der Waals surface area contributed by atoms with Crippen molar-refractivity contribution in [1.29, 1.82) is 0 Å². The Labute approximate surface area is 76.0 Å². The smallest absolute Gasteiger partial charge is 0.310 e. The van der Waals surface area contributed by atoms with E-state index in [4.69, 9.17) is 0 Å². The first-order valence-corrected chi connectivity index (χ1v) is 4.09. The van der Waals surface area contributed by atoms with Crippen LogP contribution in [0.3, 0.4) is 0 Å². The van der Waals surface area contributed by atoms with Crippen molar-refractivity contribution in [2.75, 3.05) is 0 Å². The number of carbonyl (C=O) groups excluding carboxylic acids is 1. The first-order valence-electron chi connectivity index (χ1n) is 4.09. The highest BCUT2D eigenvalue weighted by molar-refractivity contribution is 5.82. The summed E-state index contributed by atoms with van der Waals surface area (Å²) in [6.07, 6.45) is 0. The number of ketones is 1. The number of hydrogen-bond acceptors (Lipinski definition) is 3. The molecule has 0 radical (unpaired) electrons. The van der Waals surface area contributed by atoms with Crippen molar-refractivity contribution < 1.29 is 4.79 Å². The highest BCUT2D eigenvalue weighted by Gasteiger charge is 2.12. The zero-order valence-corrected chi connectivity index (χ0v) is 7.92. The molecular weight excluding hydrogens is 168 g/mol. The van der Waals surface area contributed by atoms with Crippen LogP contribution in [0.1, 0.15) is 31.2 Å². The lowest BCUT2D eigenvalue weighted by molar-refractivity contribution is -0.118. The van der Waals surface area contributed by atoms with E-state index in [1.807, 2.05) is 0 Å². The van der Waals surface area contributed by atoms with Crippen molar-refractivity contribution in [3.05, 3.63) is 27.9 Å². The number of Topliss-reactive ketones (excluding diaryl/α,β-unsaturated/α-hetero) is 1. The molecule has 1 rings (SSSR count). The summed E-state index contributed by atoms with van der Waals surface area (Å²) in [5.41, 5.74) is 0.861. The number of nitrogens with one attached hydrogen (secondary N) is 1. The largest absolute Gasteiger partial charge is 0.345 e. The summed E-state index contributed by atoms with van der Waals surface area (Å²) in [7, 11) is 0. The Morgan fingerprint density at radius 2 is 2.23 bits per heavy atom. The van der Waals surface area contributed by atoms with Crippen molar-refractivity contribution in [3.63, 3.8) is 0 Å². The molecule has 0 saturated heterocycles. The molecule has 0 aliphatic rings. The molecule has 0 fully saturated rings. The lowest BCUT2D eigenvalue weighted by atomic mass is 10.0. The van der Waals surface area contributed by atoms with Gasteiger partial charge in [0.05, 0.1) is 11.6 Å². The summed E-state index contributed by atoms with van der Waals surface area (Å²) >= 11 is 0. The number of carbonyl (C=O) groups is 1. The van der Waals surface area contributed by atoms with Crippen LogP contribution in [-0.2, 0) is 4.79 Å². The molecule has 1 unspecified atom stereocenters. The summed E-state index contributed by atoms with van der Waals surface area (Å²) in [5.74, 6) is -0.293. The van der Waals surface area contributed by atoms with Gasteiger partial charge in [-0.25, -0.2) is 4.79 Å². The molecule has 0 spiro atoms. The highest BCUT2D eigenvalue weighted by atomic mass is 16.1. The predicted molar refractivity (Wildman–Crippen MR) is 48.7 cm³/mol. The summed E-state index contributed by atoms with van der Waals surface area (Å²) in [4.78, 5) is 28.2. The Bertz CT molecular complexity index is 381. The summed E-state index contributed by atoms with van der Waals surface area (Å²) in [6, 6.07) is 1.72. The van der Waals surface area contributed by atoms with Crippen LogP contribution in [0.5, 0.6) is 0 Å². The minimum atomic E-state index is -0.400. The van der Waals surface area contributed by atoms with Gasteiger partial charge in [-0.05, 0) is 26.8 Å². The van der Waals surface area contributed by atoms with Gasteiger partial charge in [-0.3, -0.25) is 4.79 Å². The van der Waals surface area contributed by atoms with E-state index in [0.29, 0.717) is 5.69 Å². The monoisotopic (exact) mass is 180 g/mol. The number of H-pyrrole nitrogens is 1. The van der Waals surface area contributed by atoms with Gasteiger partial charge >= 0.3 is 5.69 Å². The number of aromatic nitrogens is 2. The normalized spacial score (nSPS) is 12.5. The molecule has 0 aliphatic carbocycles. The van der Waals surface area contributed by atoms with Gasteiger partial charge in [-0.15, -0.1) is 0 Å². The van der Waals surface area contributed by atoms with Crippen LogP contribution in [0.2, 0.25) is 0 Å². The van der Waals surface area contributed by atoms with E-state index in [9.17, 15) is 9.59 Å². The number of aryl methyl sites for hydroxylation is 1. The lowest BCUT2D eigenvalue weighted by Gasteiger charge is -2.05. The number of nitrogens with zero attached hydrogens (tertiary/aromatic N) is 1. The molecule has 0 amide bonds. The molecule has 1 aromatic rings. The van der Waals surface area contributed by atoms with Crippen LogP contribution in [-0.4, -0.2) is 15.8 Å². The van der Waals surface area contributed by atoms with Crippen LogP contribution < -0.4 is 5.69 Å². The SMILES string of the molecule is CC(=O)C(C)c1cc(C)[nH]c(=O)n1. The lowest BCUT2D eigenvalue weighted by Crippen LogP contribution is -2.17. The maximum atomic E-state index is 11.0. The third-order valence-electron chi connectivity index (χ3n) is 1.95. The molecule has 1 aromatic heterocycles. The molecule has 4 nitrogen and oxygen atoms in total. The third-order valence-corrected chi connectivity index (χ3v) is 1.95. The summed E-state index contributed by atoms with van der Waals surface area (Å²) in [6.45, 7) is 4.99. The van der Waals surface area contributed by atoms with Crippen LogP contribution in [0.4, 0.5) is 0 Å². The Kier molecular flexibility index (Phi) is 2.60. The highest BCUT2D eigenvalue weighted by Crippen LogP contribution is 2.11. The molecule has 1 atom stereocenters.